The van der Waals surface area contributed by atoms with Crippen LogP contribution in [-0.4, -0.2) is 11.5 Å². The zero-order valence-corrected chi connectivity index (χ0v) is 9.59. The van der Waals surface area contributed by atoms with Crippen molar-refractivity contribution in [2.45, 2.75) is 13.0 Å². The van der Waals surface area contributed by atoms with Gasteiger partial charge in [-0.05, 0) is 12.1 Å². The van der Waals surface area contributed by atoms with Crippen LogP contribution in [-0.2, 0) is 13.0 Å². The Morgan fingerprint density at radius 3 is 3.00 bits per heavy atom. The monoisotopic (exact) mass is 232 g/mol. The summed E-state index contributed by atoms with van der Waals surface area (Å²) in [6, 6.07) is 9.84. The fraction of sp³-hybridized carbons (Fsp3) is 0.250. The first kappa shape index (κ1) is 9.66. The highest BCUT2D eigenvalue weighted by Crippen LogP contribution is 2.28. The minimum Gasteiger partial charge on any atom is -0.486 e. The maximum atomic E-state index is 5.65. The Balaban J connectivity index is 1.67. The van der Waals surface area contributed by atoms with E-state index in [2.05, 4.69) is 10.3 Å². The van der Waals surface area contributed by atoms with Crippen molar-refractivity contribution >= 4 is 17.2 Å². The Hall–Kier alpha value is -1.55. The molecular formula is C12H12N2OS. The molecule has 1 N–H and O–H groups in total. The lowest BCUT2D eigenvalue weighted by atomic mass is 10.3. The Kier molecular flexibility index (Phi) is 2.50. The Bertz CT molecular complexity index is 460. The summed E-state index contributed by atoms with van der Waals surface area (Å²) in [5.74, 6) is 1.95. The summed E-state index contributed by atoms with van der Waals surface area (Å²) in [6.07, 6.45) is 1.10. The van der Waals surface area contributed by atoms with Gasteiger partial charge in [-0.15, -0.1) is 11.3 Å². The SMILES string of the molecule is c1ccc(OCc2nc3c(s2)CCN3)cc1. The molecule has 16 heavy (non-hydrogen) atoms. The third kappa shape index (κ3) is 1.88. The number of ether oxygens (including phenoxy) is 1. The highest BCUT2D eigenvalue weighted by atomic mass is 32.1. The number of nitrogens with zero attached hydrogens (tertiary/aromatic N) is 1. The number of nitrogens with one attached hydrogen (secondary N) is 1. The second-order valence-electron chi connectivity index (χ2n) is 3.66. The van der Waals surface area contributed by atoms with E-state index in [0.29, 0.717) is 6.61 Å². The summed E-state index contributed by atoms with van der Waals surface area (Å²) in [4.78, 5) is 5.84. The molecule has 3 nitrogen and oxygen atoms in total. The van der Waals surface area contributed by atoms with E-state index in [1.54, 1.807) is 11.3 Å². The van der Waals surface area contributed by atoms with Crippen LogP contribution in [0, 0.1) is 0 Å². The minimum atomic E-state index is 0.559. The third-order valence-electron chi connectivity index (χ3n) is 2.49. The van der Waals surface area contributed by atoms with Gasteiger partial charge in [0.05, 0.1) is 4.88 Å². The van der Waals surface area contributed by atoms with Crippen LogP contribution in [0.1, 0.15) is 9.88 Å². The zero-order valence-electron chi connectivity index (χ0n) is 8.77. The van der Waals surface area contributed by atoms with Crippen LogP contribution < -0.4 is 10.1 Å². The average molecular weight is 232 g/mol. The van der Waals surface area contributed by atoms with E-state index in [1.165, 1.54) is 4.88 Å². The molecule has 1 aliphatic rings. The van der Waals surface area contributed by atoms with Gasteiger partial charge in [0.25, 0.3) is 0 Å². The van der Waals surface area contributed by atoms with Crippen LogP contribution in [0.3, 0.4) is 0 Å². The van der Waals surface area contributed by atoms with Gasteiger partial charge in [-0.3, -0.25) is 0 Å². The maximum absolute atomic E-state index is 5.65. The molecule has 0 atom stereocenters. The molecule has 0 unspecified atom stereocenters. The first-order valence-corrected chi connectivity index (χ1v) is 6.14. The number of thiazole rings is 1. The van der Waals surface area contributed by atoms with Crippen molar-refractivity contribution < 1.29 is 4.74 Å². The van der Waals surface area contributed by atoms with Crippen LogP contribution in [0.15, 0.2) is 30.3 Å². The molecule has 82 valence electrons. The van der Waals surface area contributed by atoms with E-state index < -0.39 is 0 Å². The molecule has 1 aliphatic heterocycles. The van der Waals surface area contributed by atoms with E-state index in [1.807, 2.05) is 30.3 Å². The van der Waals surface area contributed by atoms with Gasteiger partial charge in [0.1, 0.15) is 23.2 Å². The minimum absolute atomic E-state index is 0.559. The van der Waals surface area contributed by atoms with Crippen LogP contribution >= 0.6 is 11.3 Å². The van der Waals surface area contributed by atoms with Crippen LogP contribution in [0.5, 0.6) is 5.75 Å². The number of hydrogen-bond acceptors (Lipinski definition) is 4. The van der Waals surface area contributed by atoms with Crippen molar-refractivity contribution in [2.75, 3.05) is 11.9 Å². The fourth-order valence-corrected chi connectivity index (χ4v) is 2.68. The van der Waals surface area contributed by atoms with Gasteiger partial charge in [0.2, 0.25) is 0 Å². The number of hydrogen-bond donors (Lipinski definition) is 1. The molecule has 2 heterocycles. The largest absolute Gasteiger partial charge is 0.486 e. The van der Waals surface area contributed by atoms with Crippen LogP contribution in [0.2, 0.25) is 0 Å². The summed E-state index contributed by atoms with van der Waals surface area (Å²) in [6.45, 7) is 1.58. The van der Waals surface area contributed by atoms with Gasteiger partial charge in [0, 0.05) is 13.0 Å². The topological polar surface area (TPSA) is 34.1 Å². The van der Waals surface area contributed by atoms with Crippen LogP contribution in [0.25, 0.3) is 0 Å². The Labute approximate surface area is 98.1 Å². The molecule has 3 rings (SSSR count). The molecule has 0 spiro atoms. The van der Waals surface area contributed by atoms with Crippen LogP contribution in [0.4, 0.5) is 5.82 Å². The molecule has 2 aromatic rings. The molecule has 0 bridgehead atoms. The molecule has 1 aromatic heterocycles. The summed E-state index contributed by atoms with van der Waals surface area (Å²) < 4.78 is 5.65. The summed E-state index contributed by atoms with van der Waals surface area (Å²) in [7, 11) is 0. The number of para-hydroxylation sites is 1. The quantitative estimate of drug-likeness (QED) is 0.883. The molecule has 4 heteroatoms. The van der Waals surface area contributed by atoms with Gasteiger partial charge in [0.15, 0.2) is 0 Å². The van der Waals surface area contributed by atoms with Gasteiger partial charge in [-0.2, -0.15) is 0 Å². The normalized spacial score (nSPS) is 13.2. The lowest BCUT2D eigenvalue weighted by Crippen LogP contribution is -1.97. The molecule has 0 fully saturated rings. The summed E-state index contributed by atoms with van der Waals surface area (Å²) >= 11 is 1.74. The Morgan fingerprint density at radius 2 is 2.19 bits per heavy atom. The lowest BCUT2D eigenvalue weighted by Gasteiger charge is -2.02. The van der Waals surface area contributed by atoms with E-state index in [0.717, 1.165) is 29.5 Å². The van der Waals surface area contributed by atoms with Gasteiger partial charge >= 0.3 is 0 Å². The fourth-order valence-electron chi connectivity index (χ4n) is 1.73. The van der Waals surface area contributed by atoms with E-state index in [-0.39, 0.29) is 0 Å². The maximum Gasteiger partial charge on any atom is 0.140 e. The number of anilines is 1. The smallest absolute Gasteiger partial charge is 0.140 e. The highest BCUT2D eigenvalue weighted by molar-refractivity contribution is 7.12. The van der Waals surface area contributed by atoms with Crippen molar-refractivity contribution in [3.63, 3.8) is 0 Å². The predicted octanol–water partition coefficient (Wildman–Crippen LogP) is 2.69. The average Bonchev–Trinajstić information content (AvgIpc) is 2.88. The zero-order chi connectivity index (χ0) is 10.8. The molecule has 1 aromatic carbocycles. The highest BCUT2D eigenvalue weighted by Gasteiger charge is 2.15. The summed E-state index contributed by atoms with van der Waals surface area (Å²) in [5, 5.41) is 4.31. The number of fused-ring (bicyclic) bond motifs is 1. The number of aromatic nitrogens is 1. The molecule has 0 amide bonds. The molecule has 0 aliphatic carbocycles. The first-order chi connectivity index (χ1) is 7.92. The van der Waals surface area contributed by atoms with Gasteiger partial charge in [-0.1, -0.05) is 18.2 Å². The van der Waals surface area contributed by atoms with Crippen molar-refractivity contribution in [1.29, 1.82) is 0 Å². The Morgan fingerprint density at radius 1 is 1.31 bits per heavy atom. The molecule has 0 saturated carbocycles. The van der Waals surface area contributed by atoms with Crippen molar-refractivity contribution in [3.05, 3.63) is 40.2 Å². The third-order valence-corrected chi connectivity index (χ3v) is 3.58. The van der Waals surface area contributed by atoms with E-state index in [9.17, 15) is 0 Å². The standard InChI is InChI=1S/C12H12N2OS/c1-2-4-9(5-3-1)15-8-11-14-12-10(16-11)6-7-13-12/h1-5,13H,6-8H2. The van der Waals surface area contributed by atoms with Crippen molar-refractivity contribution in [1.82, 2.24) is 4.98 Å². The second-order valence-corrected chi connectivity index (χ2v) is 4.83. The first-order valence-electron chi connectivity index (χ1n) is 5.32. The van der Waals surface area contributed by atoms with Gasteiger partial charge < -0.3 is 10.1 Å². The molecule has 0 saturated heterocycles. The lowest BCUT2D eigenvalue weighted by molar-refractivity contribution is 0.305. The second kappa shape index (κ2) is 4.14. The number of rotatable bonds is 3. The van der Waals surface area contributed by atoms with E-state index >= 15 is 0 Å². The molecular weight excluding hydrogens is 220 g/mol. The van der Waals surface area contributed by atoms with Gasteiger partial charge in [-0.25, -0.2) is 4.98 Å². The van der Waals surface area contributed by atoms with Crippen molar-refractivity contribution in [2.24, 2.45) is 0 Å². The summed E-state index contributed by atoms with van der Waals surface area (Å²) in [5.41, 5.74) is 0. The number of benzene rings is 1. The molecule has 0 radical (unpaired) electrons. The van der Waals surface area contributed by atoms with E-state index in [4.69, 9.17) is 4.74 Å². The predicted molar refractivity (Wildman–Crippen MR) is 65.1 cm³/mol. The van der Waals surface area contributed by atoms with Crippen molar-refractivity contribution in [3.8, 4) is 5.75 Å².